The fraction of sp³-hybridized carbons (Fsp3) is 0.118. The molecule has 0 spiro atoms. The molecule has 1 heterocycles. The standard InChI is InChI=1S/C17H14IN3O3/c1-3-7-24-16-14(18)8-12(9-15(16)23-2)10-20-21-17(22)13-5-4-6-19-11-13/h1,4-6,8-11H,7H2,2H3,(H,21,22)/b20-10-. The van der Waals surface area contributed by atoms with Gasteiger partial charge in [-0.1, -0.05) is 5.92 Å². The molecule has 122 valence electrons. The molecule has 0 aliphatic carbocycles. The SMILES string of the molecule is C#CCOc1c(I)cc(/C=N\NC(=O)c2cccnc2)cc1OC. The summed E-state index contributed by atoms with van der Waals surface area (Å²) in [5, 5.41) is 3.94. The first kappa shape index (κ1) is 17.7. The molecule has 0 saturated carbocycles. The lowest BCUT2D eigenvalue weighted by molar-refractivity contribution is 0.0955. The summed E-state index contributed by atoms with van der Waals surface area (Å²) < 4.78 is 11.6. The van der Waals surface area contributed by atoms with Crippen LogP contribution in [-0.4, -0.2) is 30.8 Å². The number of ether oxygens (including phenoxy) is 2. The Morgan fingerprint density at radius 3 is 3.04 bits per heavy atom. The van der Waals surface area contributed by atoms with Gasteiger partial charge in [-0.25, -0.2) is 5.43 Å². The van der Waals surface area contributed by atoms with E-state index in [1.807, 2.05) is 6.07 Å². The third-order valence-corrected chi connectivity index (χ3v) is 3.66. The quantitative estimate of drug-likeness (QED) is 0.328. The minimum atomic E-state index is -0.338. The molecule has 6 nitrogen and oxygen atoms in total. The van der Waals surface area contributed by atoms with Crippen LogP contribution in [0.25, 0.3) is 0 Å². The third-order valence-electron chi connectivity index (χ3n) is 2.86. The number of carbonyl (C=O) groups is 1. The van der Waals surface area contributed by atoms with Crippen LogP contribution in [-0.2, 0) is 0 Å². The van der Waals surface area contributed by atoms with Crippen molar-refractivity contribution < 1.29 is 14.3 Å². The molecular weight excluding hydrogens is 421 g/mol. The summed E-state index contributed by atoms with van der Waals surface area (Å²) >= 11 is 2.12. The summed E-state index contributed by atoms with van der Waals surface area (Å²) in [6, 6.07) is 6.92. The fourth-order valence-electron chi connectivity index (χ4n) is 1.80. The molecule has 2 aromatic rings. The minimum absolute atomic E-state index is 0.154. The van der Waals surface area contributed by atoms with Gasteiger partial charge in [-0.3, -0.25) is 9.78 Å². The van der Waals surface area contributed by atoms with Crippen molar-refractivity contribution >= 4 is 34.7 Å². The molecule has 1 aromatic carbocycles. The van der Waals surface area contributed by atoms with Crippen LogP contribution in [0, 0.1) is 15.9 Å². The number of amides is 1. The Morgan fingerprint density at radius 1 is 1.54 bits per heavy atom. The summed E-state index contributed by atoms with van der Waals surface area (Å²) in [6.45, 7) is 0.154. The molecule has 0 unspecified atom stereocenters. The van der Waals surface area contributed by atoms with E-state index in [1.54, 1.807) is 31.5 Å². The van der Waals surface area contributed by atoms with Gasteiger partial charge in [0.15, 0.2) is 11.5 Å². The molecule has 0 aliphatic rings. The van der Waals surface area contributed by atoms with Crippen molar-refractivity contribution in [3.05, 3.63) is 51.4 Å². The predicted molar refractivity (Wildman–Crippen MR) is 99.3 cm³/mol. The number of hydrogen-bond acceptors (Lipinski definition) is 5. The Hall–Kier alpha value is -2.60. The van der Waals surface area contributed by atoms with E-state index in [4.69, 9.17) is 15.9 Å². The predicted octanol–water partition coefficient (Wildman–Crippen LogP) is 2.47. The van der Waals surface area contributed by atoms with Crippen LogP contribution in [0.4, 0.5) is 0 Å². The second-order valence-corrected chi connectivity index (χ2v) is 5.63. The number of nitrogens with zero attached hydrogens (tertiary/aromatic N) is 2. The smallest absolute Gasteiger partial charge is 0.272 e. The molecule has 0 atom stereocenters. The zero-order chi connectivity index (χ0) is 17.4. The number of aromatic nitrogens is 1. The van der Waals surface area contributed by atoms with Crippen LogP contribution in [0.5, 0.6) is 11.5 Å². The summed E-state index contributed by atoms with van der Waals surface area (Å²) in [5.41, 5.74) is 3.62. The maximum atomic E-state index is 11.9. The van der Waals surface area contributed by atoms with Crippen molar-refractivity contribution in [1.82, 2.24) is 10.4 Å². The van der Waals surface area contributed by atoms with E-state index in [0.717, 1.165) is 9.13 Å². The van der Waals surface area contributed by atoms with Crippen LogP contribution < -0.4 is 14.9 Å². The van der Waals surface area contributed by atoms with E-state index in [0.29, 0.717) is 17.1 Å². The second-order valence-electron chi connectivity index (χ2n) is 4.47. The number of halogens is 1. The Kier molecular flexibility index (Phi) is 6.57. The maximum absolute atomic E-state index is 11.9. The van der Waals surface area contributed by atoms with Crippen molar-refractivity contribution in [1.29, 1.82) is 0 Å². The molecule has 2 rings (SSSR count). The third kappa shape index (κ3) is 4.70. The number of carbonyl (C=O) groups excluding carboxylic acids is 1. The van der Waals surface area contributed by atoms with Gasteiger partial charge in [0.05, 0.1) is 22.5 Å². The number of hydrazone groups is 1. The van der Waals surface area contributed by atoms with Crippen molar-refractivity contribution in [2.45, 2.75) is 0 Å². The highest BCUT2D eigenvalue weighted by atomic mass is 127. The highest BCUT2D eigenvalue weighted by molar-refractivity contribution is 14.1. The van der Waals surface area contributed by atoms with E-state index >= 15 is 0 Å². The van der Waals surface area contributed by atoms with Gasteiger partial charge in [-0.15, -0.1) is 6.42 Å². The topological polar surface area (TPSA) is 72.8 Å². The largest absolute Gasteiger partial charge is 0.493 e. The van der Waals surface area contributed by atoms with Gasteiger partial charge in [0.1, 0.15) is 6.61 Å². The van der Waals surface area contributed by atoms with Crippen molar-refractivity contribution in [3.8, 4) is 23.8 Å². The summed E-state index contributed by atoms with van der Waals surface area (Å²) in [6.07, 6.45) is 9.79. The monoisotopic (exact) mass is 435 g/mol. The Bertz CT molecular complexity index is 786. The molecule has 24 heavy (non-hydrogen) atoms. The van der Waals surface area contributed by atoms with Crippen LogP contribution in [0.3, 0.4) is 0 Å². The first-order valence-electron chi connectivity index (χ1n) is 6.83. The second kappa shape index (κ2) is 8.88. The molecule has 7 heteroatoms. The van der Waals surface area contributed by atoms with E-state index in [2.05, 4.69) is 44.0 Å². The molecule has 1 aromatic heterocycles. The molecule has 0 fully saturated rings. The summed E-state index contributed by atoms with van der Waals surface area (Å²) in [4.78, 5) is 15.7. The Morgan fingerprint density at radius 2 is 2.38 bits per heavy atom. The summed E-state index contributed by atoms with van der Waals surface area (Å²) in [7, 11) is 1.54. The van der Waals surface area contributed by atoms with E-state index < -0.39 is 0 Å². The molecule has 0 radical (unpaired) electrons. The van der Waals surface area contributed by atoms with Gasteiger partial charge in [0.2, 0.25) is 0 Å². The molecule has 0 aliphatic heterocycles. The molecular formula is C17H14IN3O3. The molecule has 1 amide bonds. The van der Waals surface area contributed by atoms with Gasteiger partial charge >= 0.3 is 0 Å². The number of rotatable bonds is 6. The zero-order valence-corrected chi connectivity index (χ0v) is 15.0. The average molecular weight is 435 g/mol. The average Bonchev–Trinajstić information content (AvgIpc) is 2.61. The van der Waals surface area contributed by atoms with Gasteiger partial charge in [-0.05, 0) is 52.4 Å². The van der Waals surface area contributed by atoms with E-state index in [1.165, 1.54) is 12.4 Å². The highest BCUT2D eigenvalue weighted by Gasteiger charge is 2.11. The molecule has 1 N–H and O–H groups in total. The number of hydrogen-bond donors (Lipinski definition) is 1. The van der Waals surface area contributed by atoms with Crippen molar-refractivity contribution in [3.63, 3.8) is 0 Å². The number of methoxy groups -OCH3 is 1. The lowest BCUT2D eigenvalue weighted by Crippen LogP contribution is -2.17. The lowest BCUT2D eigenvalue weighted by atomic mass is 10.2. The fourth-order valence-corrected chi connectivity index (χ4v) is 2.58. The number of terminal acetylenes is 1. The number of benzene rings is 1. The van der Waals surface area contributed by atoms with Crippen LogP contribution in [0.1, 0.15) is 15.9 Å². The zero-order valence-electron chi connectivity index (χ0n) is 12.8. The summed E-state index contributed by atoms with van der Waals surface area (Å²) in [5.74, 6) is 3.19. The first-order chi connectivity index (χ1) is 11.7. The van der Waals surface area contributed by atoms with Gasteiger partial charge < -0.3 is 9.47 Å². The van der Waals surface area contributed by atoms with E-state index in [-0.39, 0.29) is 12.5 Å². The highest BCUT2D eigenvalue weighted by Crippen LogP contribution is 2.33. The normalized spacial score (nSPS) is 10.2. The number of nitrogens with one attached hydrogen (secondary N) is 1. The minimum Gasteiger partial charge on any atom is -0.493 e. The van der Waals surface area contributed by atoms with Gasteiger partial charge in [0, 0.05) is 12.4 Å². The van der Waals surface area contributed by atoms with Crippen LogP contribution in [0.2, 0.25) is 0 Å². The van der Waals surface area contributed by atoms with Gasteiger partial charge in [-0.2, -0.15) is 5.10 Å². The maximum Gasteiger partial charge on any atom is 0.272 e. The van der Waals surface area contributed by atoms with Crippen molar-refractivity contribution in [2.24, 2.45) is 5.10 Å². The Balaban J connectivity index is 2.11. The van der Waals surface area contributed by atoms with Crippen LogP contribution in [0.15, 0.2) is 41.8 Å². The lowest BCUT2D eigenvalue weighted by Gasteiger charge is -2.11. The number of pyridine rings is 1. The Labute approximate surface area is 153 Å². The van der Waals surface area contributed by atoms with Crippen molar-refractivity contribution in [2.75, 3.05) is 13.7 Å². The molecule has 0 saturated heterocycles. The van der Waals surface area contributed by atoms with Gasteiger partial charge in [0.25, 0.3) is 5.91 Å². The van der Waals surface area contributed by atoms with Crippen LogP contribution >= 0.6 is 22.6 Å². The van der Waals surface area contributed by atoms with E-state index in [9.17, 15) is 4.79 Å². The molecule has 0 bridgehead atoms. The first-order valence-corrected chi connectivity index (χ1v) is 7.90.